The summed E-state index contributed by atoms with van der Waals surface area (Å²) in [5.74, 6) is 0. The summed E-state index contributed by atoms with van der Waals surface area (Å²) in [4.78, 5) is 0. The zero-order valence-electron chi connectivity index (χ0n) is 12.1. The normalized spacial score (nSPS) is 14.8. The number of nitrogens with zero attached hydrogens (tertiary/aromatic N) is 2. The lowest BCUT2D eigenvalue weighted by Gasteiger charge is -2.18. The Morgan fingerprint density at radius 1 is 1.27 bits per heavy atom. The van der Waals surface area contributed by atoms with Crippen molar-refractivity contribution in [3.05, 3.63) is 53.9 Å². The van der Waals surface area contributed by atoms with E-state index >= 15 is 0 Å². The van der Waals surface area contributed by atoms with Crippen molar-refractivity contribution in [2.45, 2.75) is 31.8 Å². The van der Waals surface area contributed by atoms with Crippen LogP contribution in [0.2, 0.25) is 0 Å². The lowest BCUT2D eigenvalue weighted by molar-refractivity contribution is -0.137. The molecule has 2 aromatic rings. The van der Waals surface area contributed by atoms with Crippen LogP contribution in [-0.2, 0) is 12.7 Å². The van der Waals surface area contributed by atoms with E-state index < -0.39 is 17.8 Å². The van der Waals surface area contributed by atoms with Crippen LogP contribution in [0, 0.1) is 0 Å². The molecule has 0 aliphatic carbocycles. The van der Waals surface area contributed by atoms with Gasteiger partial charge in [-0.1, -0.05) is 12.1 Å². The predicted molar refractivity (Wildman–Crippen MR) is 76.1 cm³/mol. The third kappa shape index (κ3) is 4.57. The fourth-order valence-corrected chi connectivity index (χ4v) is 2.08. The highest BCUT2D eigenvalue weighted by atomic mass is 19.4. The highest BCUT2D eigenvalue weighted by molar-refractivity contribution is 5.26. The minimum Gasteiger partial charge on any atom is -0.387 e. The molecule has 22 heavy (non-hydrogen) atoms. The Morgan fingerprint density at radius 2 is 1.95 bits per heavy atom. The second-order valence-electron chi connectivity index (χ2n) is 5.17. The molecule has 0 bridgehead atoms. The van der Waals surface area contributed by atoms with Gasteiger partial charge in [-0.15, -0.1) is 0 Å². The third-order valence-corrected chi connectivity index (χ3v) is 3.30. The Balaban J connectivity index is 1.85. The maximum absolute atomic E-state index is 12.5. The van der Waals surface area contributed by atoms with Gasteiger partial charge in [0.05, 0.1) is 18.2 Å². The molecular weight excluding hydrogens is 295 g/mol. The SMILES string of the molecule is C[C@@H](Cn1cccn1)NC[C@H](O)c1ccc(C(F)(F)F)cc1. The van der Waals surface area contributed by atoms with Gasteiger partial charge in [-0.2, -0.15) is 18.3 Å². The molecule has 1 heterocycles. The van der Waals surface area contributed by atoms with Crippen LogP contribution < -0.4 is 5.32 Å². The molecule has 0 saturated carbocycles. The molecule has 2 rings (SSSR count). The summed E-state index contributed by atoms with van der Waals surface area (Å²) in [6.45, 7) is 2.85. The van der Waals surface area contributed by atoms with Crippen molar-refractivity contribution in [3.8, 4) is 0 Å². The van der Waals surface area contributed by atoms with E-state index in [1.165, 1.54) is 12.1 Å². The Labute approximate surface area is 126 Å². The van der Waals surface area contributed by atoms with Crippen molar-refractivity contribution < 1.29 is 18.3 Å². The minimum absolute atomic E-state index is 0.0731. The Morgan fingerprint density at radius 3 is 2.50 bits per heavy atom. The van der Waals surface area contributed by atoms with E-state index in [2.05, 4.69) is 10.4 Å². The summed E-state index contributed by atoms with van der Waals surface area (Å²) < 4.78 is 39.2. The van der Waals surface area contributed by atoms with E-state index in [1.807, 2.05) is 19.2 Å². The minimum atomic E-state index is -4.36. The Bertz CT molecular complexity index is 567. The summed E-state index contributed by atoms with van der Waals surface area (Å²) in [5.41, 5.74) is -0.268. The highest BCUT2D eigenvalue weighted by Gasteiger charge is 2.30. The van der Waals surface area contributed by atoms with Crippen molar-refractivity contribution in [2.24, 2.45) is 0 Å². The van der Waals surface area contributed by atoms with Gasteiger partial charge in [-0.25, -0.2) is 0 Å². The number of hydrogen-bond acceptors (Lipinski definition) is 3. The van der Waals surface area contributed by atoms with Crippen LogP contribution in [0.25, 0.3) is 0 Å². The first-order valence-corrected chi connectivity index (χ1v) is 6.92. The first-order valence-electron chi connectivity index (χ1n) is 6.92. The number of aliphatic hydroxyl groups excluding tert-OH is 1. The molecule has 0 aliphatic heterocycles. The molecular formula is C15H18F3N3O. The van der Waals surface area contributed by atoms with Crippen LogP contribution in [0.15, 0.2) is 42.7 Å². The molecule has 1 aromatic carbocycles. The zero-order valence-corrected chi connectivity index (χ0v) is 12.1. The number of rotatable bonds is 6. The number of hydrogen-bond donors (Lipinski definition) is 2. The number of benzene rings is 1. The fraction of sp³-hybridized carbons (Fsp3) is 0.400. The molecule has 120 valence electrons. The quantitative estimate of drug-likeness (QED) is 0.862. The summed E-state index contributed by atoms with van der Waals surface area (Å²) in [7, 11) is 0. The zero-order chi connectivity index (χ0) is 16.2. The van der Waals surface area contributed by atoms with Gasteiger partial charge in [0.25, 0.3) is 0 Å². The van der Waals surface area contributed by atoms with E-state index in [-0.39, 0.29) is 12.6 Å². The topological polar surface area (TPSA) is 50.1 Å². The van der Waals surface area contributed by atoms with Crippen LogP contribution in [-0.4, -0.2) is 27.5 Å². The van der Waals surface area contributed by atoms with Gasteiger partial charge in [-0.3, -0.25) is 4.68 Å². The van der Waals surface area contributed by atoms with Crippen molar-refractivity contribution in [2.75, 3.05) is 6.54 Å². The standard InChI is InChI=1S/C15H18F3N3O/c1-11(10-21-8-2-7-20-21)19-9-14(22)12-3-5-13(6-4-12)15(16,17)18/h2-8,11,14,19,22H,9-10H2,1H3/t11-,14-/m0/s1. The van der Waals surface area contributed by atoms with Crippen LogP contribution >= 0.6 is 0 Å². The van der Waals surface area contributed by atoms with Crippen LogP contribution in [0.4, 0.5) is 13.2 Å². The smallest absolute Gasteiger partial charge is 0.387 e. The van der Waals surface area contributed by atoms with Crippen LogP contribution in [0.3, 0.4) is 0 Å². The second kappa shape index (κ2) is 6.93. The van der Waals surface area contributed by atoms with E-state index in [0.717, 1.165) is 12.1 Å². The number of halogens is 3. The first kappa shape index (κ1) is 16.5. The van der Waals surface area contributed by atoms with Crippen LogP contribution in [0.1, 0.15) is 24.2 Å². The van der Waals surface area contributed by atoms with E-state index in [4.69, 9.17) is 0 Å². The molecule has 0 saturated heterocycles. The van der Waals surface area contributed by atoms with Gasteiger partial charge in [0.1, 0.15) is 0 Å². The monoisotopic (exact) mass is 313 g/mol. The molecule has 0 spiro atoms. The third-order valence-electron chi connectivity index (χ3n) is 3.30. The lowest BCUT2D eigenvalue weighted by atomic mass is 10.1. The lowest BCUT2D eigenvalue weighted by Crippen LogP contribution is -2.33. The van der Waals surface area contributed by atoms with Gasteiger partial charge in [-0.05, 0) is 30.7 Å². The average molecular weight is 313 g/mol. The summed E-state index contributed by atoms with van der Waals surface area (Å²) in [6, 6.07) is 6.45. The Hall–Kier alpha value is -1.86. The van der Waals surface area contributed by atoms with Crippen molar-refractivity contribution in [1.29, 1.82) is 0 Å². The first-order chi connectivity index (χ1) is 10.4. The highest BCUT2D eigenvalue weighted by Crippen LogP contribution is 2.29. The van der Waals surface area contributed by atoms with E-state index in [1.54, 1.807) is 10.9 Å². The molecule has 0 fully saturated rings. The van der Waals surface area contributed by atoms with Crippen molar-refractivity contribution in [1.82, 2.24) is 15.1 Å². The number of alkyl halides is 3. The van der Waals surface area contributed by atoms with E-state index in [0.29, 0.717) is 12.1 Å². The largest absolute Gasteiger partial charge is 0.416 e. The van der Waals surface area contributed by atoms with Gasteiger partial charge in [0.2, 0.25) is 0 Å². The maximum Gasteiger partial charge on any atom is 0.416 e. The van der Waals surface area contributed by atoms with Gasteiger partial charge < -0.3 is 10.4 Å². The molecule has 0 amide bonds. The summed E-state index contributed by atoms with van der Waals surface area (Å²) in [6.07, 6.45) is -1.70. The maximum atomic E-state index is 12.5. The predicted octanol–water partition coefficient (Wildman–Crippen LogP) is 2.61. The van der Waals surface area contributed by atoms with E-state index in [9.17, 15) is 18.3 Å². The number of nitrogens with one attached hydrogen (secondary N) is 1. The Kier molecular flexibility index (Phi) is 5.20. The molecule has 7 heteroatoms. The average Bonchev–Trinajstić information content (AvgIpc) is 2.97. The summed E-state index contributed by atoms with van der Waals surface area (Å²) >= 11 is 0. The molecule has 2 atom stereocenters. The number of aromatic nitrogens is 2. The molecule has 0 radical (unpaired) electrons. The van der Waals surface area contributed by atoms with Gasteiger partial charge in [0.15, 0.2) is 0 Å². The molecule has 4 nitrogen and oxygen atoms in total. The van der Waals surface area contributed by atoms with Crippen molar-refractivity contribution in [3.63, 3.8) is 0 Å². The fourth-order valence-electron chi connectivity index (χ4n) is 2.08. The van der Waals surface area contributed by atoms with Gasteiger partial charge >= 0.3 is 6.18 Å². The van der Waals surface area contributed by atoms with Crippen LogP contribution in [0.5, 0.6) is 0 Å². The van der Waals surface area contributed by atoms with Gasteiger partial charge in [0, 0.05) is 25.0 Å². The van der Waals surface area contributed by atoms with Crippen molar-refractivity contribution >= 4 is 0 Å². The molecule has 2 N–H and O–H groups in total. The molecule has 0 unspecified atom stereocenters. The molecule has 1 aromatic heterocycles. The number of aliphatic hydroxyl groups is 1. The molecule has 0 aliphatic rings. The summed E-state index contributed by atoms with van der Waals surface area (Å²) in [5, 5.41) is 17.2. The second-order valence-corrected chi connectivity index (χ2v) is 5.17.